The predicted molar refractivity (Wildman–Crippen MR) is 55.6 cm³/mol. The molecule has 88 valence electrons. The van der Waals surface area contributed by atoms with Crippen LogP contribution < -0.4 is 0 Å². The molecule has 2 atom stereocenters. The van der Waals surface area contributed by atoms with E-state index >= 15 is 0 Å². The topological polar surface area (TPSA) is 66.8 Å². The molecular weight excluding hydrogens is 196 g/mol. The van der Waals surface area contributed by atoms with Gasteiger partial charge in [-0.25, -0.2) is 0 Å². The number of hydrogen-bond acceptors (Lipinski definition) is 3. The van der Waals surface area contributed by atoms with E-state index in [0.29, 0.717) is 19.4 Å². The highest BCUT2D eigenvalue weighted by Gasteiger charge is 2.51. The highest BCUT2D eigenvalue weighted by Crippen LogP contribution is 2.41. The van der Waals surface area contributed by atoms with Crippen molar-refractivity contribution in [1.29, 1.82) is 0 Å². The summed E-state index contributed by atoms with van der Waals surface area (Å²) in [6.45, 7) is 5.57. The molecule has 15 heavy (non-hydrogen) atoms. The van der Waals surface area contributed by atoms with E-state index in [1.165, 1.54) is 0 Å². The molecule has 0 aromatic heterocycles. The molecular formula is C11H20O4. The van der Waals surface area contributed by atoms with Gasteiger partial charge in [-0.15, -0.1) is 0 Å². The molecule has 2 N–H and O–H groups in total. The van der Waals surface area contributed by atoms with Crippen LogP contribution in [-0.4, -0.2) is 34.5 Å². The van der Waals surface area contributed by atoms with E-state index in [2.05, 4.69) is 0 Å². The van der Waals surface area contributed by atoms with E-state index in [9.17, 15) is 9.90 Å². The molecule has 1 rings (SSSR count). The van der Waals surface area contributed by atoms with Gasteiger partial charge in [-0.05, 0) is 20.3 Å². The molecule has 4 nitrogen and oxygen atoms in total. The Kier molecular flexibility index (Phi) is 3.41. The molecule has 2 unspecified atom stereocenters. The Morgan fingerprint density at radius 1 is 1.60 bits per heavy atom. The van der Waals surface area contributed by atoms with Crippen molar-refractivity contribution in [2.75, 3.05) is 6.61 Å². The van der Waals surface area contributed by atoms with Gasteiger partial charge in [0, 0.05) is 19.4 Å². The average Bonchev–Trinajstić information content (AvgIpc) is 2.17. The van der Waals surface area contributed by atoms with Crippen molar-refractivity contribution in [1.82, 2.24) is 0 Å². The number of carboxylic acid groups (broad SMARTS) is 1. The number of hydrogen-bond donors (Lipinski definition) is 2. The van der Waals surface area contributed by atoms with Crippen LogP contribution in [0.2, 0.25) is 0 Å². The largest absolute Gasteiger partial charge is 0.481 e. The lowest BCUT2D eigenvalue weighted by molar-refractivity contribution is -0.186. The summed E-state index contributed by atoms with van der Waals surface area (Å²) >= 11 is 0. The number of ether oxygens (including phenoxy) is 1. The number of aliphatic carboxylic acids is 1. The molecule has 0 aromatic carbocycles. The molecule has 1 aliphatic rings. The number of aliphatic hydroxyl groups is 1. The molecule has 0 aliphatic carbocycles. The standard InChI is InChI=1S/C11H20O4/c1-4-8-7-11(14,5-6-15-8)10(2,3)9(12)13/h8,14H,4-7H2,1-3H3,(H,12,13). The molecule has 0 radical (unpaired) electrons. The Balaban J connectivity index is 2.85. The second-order valence-corrected chi connectivity index (χ2v) is 4.82. The maximum Gasteiger partial charge on any atom is 0.312 e. The van der Waals surface area contributed by atoms with Gasteiger partial charge < -0.3 is 14.9 Å². The van der Waals surface area contributed by atoms with Gasteiger partial charge in [0.1, 0.15) is 0 Å². The maximum absolute atomic E-state index is 11.1. The van der Waals surface area contributed by atoms with Crippen molar-refractivity contribution in [3.63, 3.8) is 0 Å². The number of rotatable bonds is 3. The van der Waals surface area contributed by atoms with Gasteiger partial charge in [-0.3, -0.25) is 4.79 Å². The smallest absolute Gasteiger partial charge is 0.312 e. The summed E-state index contributed by atoms with van der Waals surface area (Å²) in [5.41, 5.74) is -2.28. The lowest BCUT2D eigenvalue weighted by Crippen LogP contribution is -2.54. The minimum atomic E-state index is -1.15. The summed E-state index contributed by atoms with van der Waals surface area (Å²) in [6.07, 6.45) is 1.58. The molecule has 0 amide bonds. The molecule has 1 fully saturated rings. The lowest BCUT2D eigenvalue weighted by atomic mass is 9.69. The Labute approximate surface area is 90.2 Å². The quantitative estimate of drug-likeness (QED) is 0.748. The summed E-state index contributed by atoms with van der Waals surface area (Å²) in [7, 11) is 0. The van der Waals surface area contributed by atoms with E-state index in [-0.39, 0.29) is 6.10 Å². The second kappa shape index (κ2) is 4.10. The SMILES string of the molecule is CCC1CC(O)(C(C)(C)C(=O)O)CCO1. The van der Waals surface area contributed by atoms with Crippen LogP contribution >= 0.6 is 0 Å². The van der Waals surface area contributed by atoms with Crippen LogP contribution in [0.5, 0.6) is 0 Å². The van der Waals surface area contributed by atoms with Gasteiger partial charge in [0.25, 0.3) is 0 Å². The minimum Gasteiger partial charge on any atom is -0.481 e. The van der Waals surface area contributed by atoms with Gasteiger partial charge in [0.15, 0.2) is 0 Å². The van der Waals surface area contributed by atoms with E-state index < -0.39 is 17.0 Å². The summed E-state index contributed by atoms with van der Waals surface area (Å²) in [5.74, 6) is -0.957. The second-order valence-electron chi connectivity index (χ2n) is 4.82. The van der Waals surface area contributed by atoms with Crippen molar-refractivity contribution >= 4 is 5.97 Å². The molecule has 0 spiro atoms. The van der Waals surface area contributed by atoms with Gasteiger partial charge in [-0.1, -0.05) is 6.92 Å². The van der Waals surface area contributed by atoms with Crippen LogP contribution in [0.1, 0.15) is 40.0 Å². The number of carboxylic acids is 1. The van der Waals surface area contributed by atoms with Gasteiger partial charge in [0.05, 0.1) is 17.1 Å². The molecule has 0 aromatic rings. The zero-order valence-electron chi connectivity index (χ0n) is 9.62. The van der Waals surface area contributed by atoms with E-state index in [0.717, 1.165) is 6.42 Å². The monoisotopic (exact) mass is 216 g/mol. The van der Waals surface area contributed by atoms with Crippen LogP contribution in [0.4, 0.5) is 0 Å². The van der Waals surface area contributed by atoms with Crippen LogP contribution in [0, 0.1) is 5.41 Å². The Hall–Kier alpha value is -0.610. The summed E-state index contributed by atoms with van der Waals surface area (Å²) in [5, 5.41) is 19.5. The maximum atomic E-state index is 11.1. The molecule has 1 aliphatic heterocycles. The first-order chi connectivity index (χ1) is 6.83. The Morgan fingerprint density at radius 2 is 2.20 bits per heavy atom. The third-order valence-electron chi connectivity index (χ3n) is 3.59. The van der Waals surface area contributed by atoms with Crippen LogP contribution in [0.3, 0.4) is 0 Å². The predicted octanol–water partition coefficient (Wildman–Crippen LogP) is 1.42. The third kappa shape index (κ3) is 2.16. The molecule has 1 saturated heterocycles. The summed E-state index contributed by atoms with van der Waals surface area (Å²) < 4.78 is 5.44. The average molecular weight is 216 g/mol. The zero-order chi connectivity index (χ0) is 11.7. The highest BCUT2D eigenvalue weighted by molar-refractivity contribution is 5.75. The van der Waals surface area contributed by atoms with E-state index in [4.69, 9.17) is 9.84 Å². The lowest BCUT2D eigenvalue weighted by Gasteiger charge is -2.44. The van der Waals surface area contributed by atoms with Crippen molar-refractivity contribution in [2.24, 2.45) is 5.41 Å². The third-order valence-corrected chi connectivity index (χ3v) is 3.59. The Morgan fingerprint density at radius 3 is 2.67 bits per heavy atom. The van der Waals surface area contributed by atoms with Crippen LogP contribution in [0.15, 0.2) is 0 Å². The summed E-state index contributed by atoms with van der Waals surface area (Å²) in [4.78, 5) is 11.1. The molecule has 0 saturated carbocycles. The zero-order valence-corrected chi connectivity index (χ0v) is 9.62. The normalized spacial score (nSPS) is 32.7. The van der Waals surface area contributed by atoms with E-state index in [1.54, 1.807) is 13.8 Å². The summed E-state index contributed by atoms with van der Waals surface area (Å²) in [6, 6.07) is 0. The van der Waals surface area contributed by atoms with Crippen molar-refractivity contribution in [2.45, 2.75) is 51.7 Å². The van der Waals surface area contributed by atoms with Crippen molar-refractivity contribution in [3.05, 3.63) is 0 Å². The van der Waals surface area contributed by atoms with Crippen molar-refractivity contribution < 1.29 is 19.7 Å². The van der Waals surface area contributed by atoms with Crippen molar-refractivity contribution in [3.8, 4) is 0 Å². The first-order valence-electron chi connectivity index (χ1n) is 5.41. The van der Waals surface area contributed by atoms with Gasteiger partial charge >= 0.3 is 5.97 Å². The molecule has 4 heteroatoms. The first-order valence-corrected chi connectivity index (χ1v) is 5.41. The Bertz CT molecular complexity index is 249. The van der Waals surface area contributed by atoms with Crippen LogP contribution in [0.25, 0.3) is 0 Å². The fraction of sp³-hybridized carbons (Fsp3) is 0.909. The van der Waals surface area contributed by atoms with E-state index in [1.807, 2.05) is 6.92 Å². The van der Waals surface area contributed by atoms with Gasteiger partial charge in [-0.2, -0.15) is 0 Å². The minimum absolute atomic E-state index is 0.0256. The molecule has 1 heterocycles. The first kappa shape index (κ1) is 12.5. The number of carbonyl (C=O) groups is 1. The fourth-order valence-corrected chi connectivity index (χ4v) is 1.96. The van der Waals surface area contributed by atoms with Gasteiger partial charge in [0.2, 0.25) is 0 Å². The fourth-order valence-electron chi connectivity index (χ4n) is 1.96. The highest BCUT2D eigenvalue weighted by atomic mass is 16.5. The molecule has 0 bridgehead atoms. The van der Waals surface area contributed by atoms with Crippen LogP contribution in [-0.2, 0) is 9.53 Å².